The Balaban J connectivity index is 1.59. The number of thiazole rings is 1. The second-order valence-corrected chi connectivity index (χ2v) is 7.52. The number of hydrogen-bond acceptors (Lipinski definition) is 5. The topological polar surface area (TPSA) is 74.7 Å². The Morgan fingerprint density at radius 2 is 1.96 bits per heavy atom. The zero-order valence-corrected chi connectivity index (χ0v) is 15.8. The van der Waals surface area contributed by atoms with Crippen molar-refractivity contribution in [2.45, 2.75) is 26.7 Å². The molecule has 6 nitrogen and oxygen atoms in total. The highest BCUT2D eigenvalue weighted by molar-refractivity contribution is 7.22. The second kappa shape index (κ2) is 6.92. The van der Waals surface area contributed by atoms with Crippen LogP contribution in [0.4, 0.5) is 10.8 Å². The molecule has 4 rings (SSSR count). The van der Waals surface area contributed by atoms with Gasteiger partial charge >= 0.3 is 0 Å². The Morgan fingerprint density at radius 3 is 2.74 bits per heavy atom. The molecule has 1 aliphatic rings. The van der Waals surface area contributed by atoms with E-state index in [9.17, 15) is 9.59 Å². The maximum atomic E-state index is 12.7. The number of nitrogens with zero attached hydrogens (tertiary/aromatic N) is 3. The molecule has 1 aromatic heterocycles. The third-order valence-electron chi connectivity index (χ3n) is 4.38. The molecule has 27 heavy (non-hydrogen) atoms. The van der Waals surface area contributed by atoms with Crippen molar-refractivity contribution in [2.24, 2.45) is 5.10 Å². The number of rotatable bonds is 3. The van der Waals surface area contributed by atoms with Gasteiger partial charge in [0.05, 0.1) is 15.9 Å². The highest BCUT2D eigenvalue weighted by Gasteiger charge is 2.26. The molecule has 2 amide bonds. The van der Waals surface area contributed by atoms with Crippen molar-refractivity contribution < 1.29 is 9.59 Å². The number of carbonyl (C=O) groups is 2. The number of fused-ring (bicyclic) bond motifs is 1. The summed E-state index contributed by atoms with van der Waals surface area (Å²) < 4.78 is 1.02. The van der Waals surface area contributed by atoms with Gasteiger partial charge in [-0.05, 0) is 43.2 Å². The maximum absolute atomic E-state index is 12.7. The molecule has 1 aliphatic heterocycles. The number of benzene rings is 2. The van der Waals surface area contributed by atoms with Gasteiger partial charge in [0.25, 0.3) is 5.91 Å². The predicted octanol–water partition coefficient (Wildman–Crippen LogP) is 4.03. The van der Waals surface area contributed by atoms with Crippen LogP contribution in [-0.2, 0) is 9.59 Å². The van der Waals surface area contributed by atoms with E-state index in [0.717, 1.165) is 21.3 Å². The number of hydrogen-bond donors (Lipinski definition) is 1. The van der Waals surface area contributed by atoms with E-state index in [4.69, 9.17) is 0 Å². The Kier molecular flexibility index (Phi) is 4.45. The summed E-state index contributed by atoms with van der Waals surface area (Å²) in [6.07, 6.45) is 0.566. The molecule has 0 unspecified atom stereocenters. The fourth-order valence-corrected chi connectivity index (χ4v) is 3.93. The number of aryl methyl sites for hydroxylation is 2. The molecule has 2 aromatic carbocycles. The first-order valence-electron chi connectivity index (χ1n) is 8.66. The SMILES string of the molecule is Cc1cccc(N2N=C(C(=O)Nc3nc4c(C)cccc4s3)CCC2=O)c1. The first-order chi connectivity index (χ1) is 13.0. The van der Waals surface area contributed by atoms with Crippen LogP contribution in [0.2, 0.25) is 0 Å². The van der Waals surface area contributed by atoms with Crippen molar-refractivity contribution in [3.8, 4) is 0 Å². The number of anilines is 2. The zero-order chi connectivity index (χ0) is 19.0. The predicted molar refractivity (Wildman–Crippen MR) is 108 cm³/mol. The van der Waals surface area contributed by atoms with E-state index in [1.54, 1.807) is 0 Å². The zero-order valence-electron chi connectivity index (χ0n) is 15.0. The average molecular weight is 378 g/mol. The molecule has 136 valence electrons. The van der Waals surface area contributed by atoms with Crippen molar-refractivity contribution in [3.05, 3.63) is 53.6 Å². The van der Waals surface area contributed by atoms with E-state index in [1.165, 1.54) is 16.3 Å². The first kappa shape index (κ1) is 17.4. The quantitative estimate of drug-likeness (QED) is 0.747. The van der Waals surface area contributed by atoms with Gasteiger partial charge in [-0.1, -0.05) is 35.6 Å². The summed E-state index contributed by atoms with van der Waals surface area (Å²) in [7, 11) is 0. The molecule has 0 saturated heterocycles. The first-order valence-corrected chi connectivity index (χ1v) is 9.47. The van der Waals surface area contributed by atoms with Gasteiger partial charge in [0, 0.05) is 12.8 Å². The van der Waals surface area contributed by atoms with Gasteiger partial charge in [0.2, 0.25) is 5.91 Å². The van der Waals surface area contributed by atoms with E-state index in [1.807, 2.05) is 56.3 Å². The fraction of sp³-hybridized carbons (Fsp3) is 0.200. The summed E-state index contributed by atoms with van der Waals surface area (Å²) in [5.41, 5.74) is 3.97. The number of para-hydroxylation sites is 1. The monoisotopic (exact) mass is 378 g/mol. The molecular weight excluding hydrogens is 360 g/mol. The molecule has 1 N–H and O–H groups in total. The summed E-state index contributed by atoms with van der Waals surface area (Å²) in [4.78, 5) is 29.4. The van der Waals surface area contributed by atoms with Crippen molar-refractivity contribution in [3.63, 3.8) is 0 Å². The third kappa shape index (κ3) is 3.46. The molecule has 0 bridgehead atoms. The smallest absolute Gasteiger partial charge is 0.273 e. The number of nitrogens with one attached hydrogen (secondary N) is 1. The van der Waals surface area contributed by atoms with Crippen molar-refractivity contribution in [1.82, 2.24) is 4.98 Å². The number of aromatic nitrogens is 1. The van der Waals surface area contributed by atoms with Crippen molar-refractivity contribution in [1.29, 1.82) is 0 Å². The van der Waals surface area contributed by atoms with Crippen LogP contribution in [0.25, 0.3) is 10.2 Å². The van der Waals surface area contributed by atoms with E-state index in [0.29, 0.717) is 23.0 Å². The third-order valence-corrected chi connectivity index (χ3v) is 5.32. The summed E-state index contributed by atoms with van der Waals surface area (Å²) >= 11 is 1.42. The molecule has 0 fully saturated rings. The minimum Gasteiger partial charge on any atom is -0.297 e. The lowest BCUT2D eigenvalue weighted by molar-refractivity contribution is -0.118. The second-order valence-electron chi connectivity index (χ2n) is 6.49. The molecule has 3 aromatic rings. The van der Waals surface area contributed by atoms with Gasteiger partial charge in [-0.2, -0.15) is 5.10 Å². The van der Waals surface area contributed by atoms with Crippen LogP contribution >= 0.6 is 11.3 Å². The molecule has 2 heterocycles. The highest BCUT2D eigenvalue weighted by Crippen LogP contribution is 2.28. The molecule has 0 atom stereocenters. The van der Waals surface area contributed by atoms with Crippen LogP contribution in [0.3, 0.4) is 0 Å². The van der Waals surface area contributed by atoms with Gasteiger partial charge in [-0.25, -0.2) is 9.99 Å². The van der Waals surface area contributed by atoms with Gasteiger partial charge in [-0.3, -0.25) is 14.9 Å². The average Bonchev–Trinajstić information content (AvgIpc) is 3.06. The Hall–Kier alpha value is -3.06. The molecule has 0 spiro atoms. The standard InChI is InChI=1S/C20H18N4O2S/c1-12-5-3-7-14(11-12)24-17(25)10-9-15(23-24)19(26)22-20-21-18-13(2)6-4-8-16(18)27-20/h3-8,11H,9-10H2,1-2H3,(H,21,22,26). The van der Waals surface area contributed by atoms with E-state index < -0.39 is 0 Å². The maximum Gasteiger partial charge on any atom is 0.273 e. The summed E-state index contributed by atoms with van der Waals surface area (Å²) in [5.74, 6) is -0.440. The molecule has 0 saturated carbocycles. The Labute approximate surface area is 160 Å². The van der Waals surface area contributed by atoms with Crippen LogP contribution < -0.4 is 10.3 Å². The van der Waals surface area contributed by atoms with Crippen LogP contribution in [0.5, 0.6) is 0 Å². The normalized spacial score (nSPS) is 14.4. The summed E-state index contributed by atoms with van der Waals surface area (Å²) in [5, 5.41) is 8.98. The Bertz CT molecular complexity index is 1090. The lowest BCUT2D eigenvalue weighted by atomic mass is 10.1. The molecule has 0 aliphatic carbocycles. The van der Waals surface area contributed by atoms with Gasteiger partial charge in [0.15, 0.2) is 5.13 Å². The van der Waals surface area contributed by atoms with Crippen LogP contribution in [0, 0.1) is 13.8 Å². The lowest BCUT2D eigenvalue weighted by Crippen LogP contribution is -2.36. The minimum atomic E-state index is -0.322. The fourth-order valence-electron chi connectivity index (χ4n) is 2.99. The van der Waals surface area contributed by atoms with E-state index in [-0.39, 0.29) is 18.2 Å². The highest BCUT2D eigenvalue weighted by atomic mass is 32.1. The van der Waals surface area contributed by atoms with Gasteiger partial charge in [0.1, 0.15) is 5.71 Å². The summed E-state index contributed by atoms with van der Waals surface area (Å²) in [6, 6.07) is 13.4. The van der Waals surface area contributed by atoms with Crippen molar-refractivity contribution in [2.75, 3.05) is 10.3 Å². The van der Waals surface area contributed by atoms with E-state index in [2.05, 4.69) is 15.4 Å². The van der Waals surface area contributed by atoms with Crippen molar-refractivity contribution >= 4 is 49.9 Å². The lowest BCUT2D eigenvalue weighted by Gasteiger charge is -2.23. The van der Waals surface area contributed by atoms with Gasteiger partial charge < -0.3 is 0 Å². The van der Waals surface area contributed by atoms with Crippen LogP contribution in [0.1, 0.15) is 24.0 Å². The van der Waals surface area contributed by atoms with E-state index >= 15 is 0 Å². The van der Waals surface area contributed by atoms with Crippen LogP contribution in [-0.4, -0.2) is 22.5 Å². The number of hydrazone groups is 1. The minimum absolute atomic E-state index is 0.118. The molecule has 7 heteroatoms. The largest absolute Gasteiger partial charge is 0.297 e. The molecular formula is C20H18N4O2S. The molecule has 0 radical (unpaired) electrons. The number of carbonyl (C=O) groups excluding carboxylic acids is 2. The Morgan fingerprint density at radius 1 is 1.15 bits per heavy atom. The van der Waals surface area contributed by atoms with Crippen LogP contribution in [0.15, 0.2) is 47.6 Å². The van der Waals surface area contributed by atoms with Gasteiger partial charge in [-0.15, -0.1) is 0 Å². The number of amides is 2. The summed E-state index contributed by atoms with van der Waals surface area (Å²) in [6.45, 7) is 3.94.